The van der Waals surface area contributed by atoms with E-state index in [0.29, 0.717) is 5.56 Å². The molecule has 0 aliphatic heterocycles. The fourth-order valence-corrected chi connectivity index (χ4v) is 3.49. The predicted molar refractivity (Wildman–Crippen MR) is 99.4 cm³/mol. The number of pyridine rings is 1. The lowest BCUT2D eigenvalue weighted by Crippen LogP contribution is -2.27. The highest BCUT2D eigenvalue weighted by Crippen LogP contribution is 2.29. The Kier molecular flexibility index (Phi) is 5.74. The molecule has 2 heterocycles. The molecule has 2 aromatic heterocycles. The topological polar surface area (TPSA) is 46.9 Å². The fraction of sp³-hybridized carbons (Fsp3) is 0.263. The van der Waals surface area contributed by atoms with Crippen LogP contribution in [-0.4, -0.2) is 21.2 Å². The second kappa shape index (κ2) is 8.04. The monoisotopic (exact) mass is 393 g/mol. The number of amides is 1. The molecule has 3 aromatic rings. The van der Waals surface area contributed by atoms with Gasteiger partial charge in [0.2, 0.25) is 5.91 Å². The van der Waals surface area contributed by atoms with Crippen LogP contribution in [0.3, 0.4) is 0 Å². The number of alkyl halides is 3. The summed E-state index contributed by atoms with van der Waals surface area (Å²) in [5, 5.41) is 4.57. The second-order valence-electron chi connectivity index (χ2n) is 5.90. The SMILES string of the molecule is CCSc1nccc2c1ccn2CC(=O)NCc1cccc(C(F)(F)F)c1. The summed E-state index contributed by atoms with van der Waals surface area (Å²) in [5.74, 6) is 0.626. The summed E-state index contributed by atoms with van der Waals surface area (Å²) in [7, 11) is 0. The summed E-state index contributed by atoms with van der Waals surface area (Å²) in [4.78, 5) is 16.6. The third-order valence-electron chi connectivity index (χ3n) is 4.00. The van der Waals surface area contributed by atoms with Crippen molar-refractivity contribution in [2.75, 3.05) is 5.75 Å². The summed E-state index contributed by atoms with van der Waals surface area (Å²) in [6, 6.07) is 8.71. The van der Waals surface area contributed by atoms with E-state index in [1.165, 1.54) is 6.07 Å². The van der Waals surface area contributed by atoms with E-state index >= 15 is 0 Å². The summed E-state index contributed by atoms with van der Waals surface area (Å²) in [5.41, 5.74) is 0.579. The average molecular weight is 393 g/mol. The van der Waals surface area contributed by atoms with Gasteiger partial charge in [0.1, 0.15) is 11.6 Å². The van der Waals surface area contributed by atoms with Crippen LogP contribution in [0.2, 0.25) is 0 Å². The molecule has 0 atom stereocenters. The first-order valence-corrected chi connectivity index (χ1v) is 9.36. The lowest BCUT2D eigenvalue weighted by atomic mass is 10.1. The molecule has 0 aliphatic rings. The maximum absolute atomic E-state index is 12.8. The van der Waals surface area contributed by atoms with Gasteiger partial charge in [-0.3, -0.25) is 4.79 Å². The Morgan fingerprint density at radius 1 is 1.26 bits per heavy atom. The van der Waals surface area contributed by atoms with Crippen LogP contribution in [0.15, 0.2) is 53.8 Å². The summed E-state index contributed by atoms with van der Waals surface area (Å²) in [6.45, 7) is 2.17. The standard InChI is InChI=1S/C19H18F3N3OS/c1-2-27-18-15-7-9-25(16(15)6-8-23-18)12-17(26)24-11-13-4-3-5-14(10-13)19(20,21)22/h3-10H,2,11-12H2,1H3,(H,24,26). The van der Waals surface area contributed by atoms with Crippen molar-refractivity contribution < 1.29 is 18.0 Å². The minimum Gasteiger partial charge on any atom is -0.350 e. The Morgan fingerprint density at radius 3 is 2.81 bits per heavy atom. The van der Waals surface area contributed by atoms with E-state index < -0.39 is 11.7 Å². The van der Waals surface area contributed by atoms with E-state index in [2.05, 4.69) is 10.3 Å². The first-order chi connectivity index (χ1) is 12.9. The van der Waals surface area contributed by atoms with E-state index in [1.54, 1.807) is 28.6 Å². The molecule has 142 valence electrons. The molecule has 3 rings (SSSR count). The predicted octanol–water partition coefficient (Wildman–Crippen LogP) is 4.48. The van der Waals surface area contributed by atoms with Gasteiger partial charge in [0.25, 0.3) is 0 Å². The smallest absolute Gasteiger partial charge is 0.350 e. The van der Waals surface area contributed by atoms with Crippen LogP contribution in [-0.2, 0) is 24.1 Å². The molecule has 0 fully saturated rings. The molecule has 0 saturated heterocycles. The number of aromatic nitrogens is 2. The quantitative estimate of drug-likeness (QED) is 0.628. The number of nitrogens with one attached hydrogen (secondary N) is 1. The molecule has 1 aromatic carbocycles. The molecule has 0 saturated carbocycles. The minimum absolute atomic E-state index is 0.0421. The van der Waals surface area contributed by atoms with E-state index in [-0.39, 0.29) is 19.0 Å². The number of hydrogen-bond acceptors (Lipinski definition) is 3. The Hall–Kier alpha value is -2.48. The summed E-state index contributed by atoms with van der Waals surface area (Å²) < 4.78 is 40.1. The van der Waals surface area contributed by atoms with Gasteiger partial charge in [0.15, 0.2) is 0 Å². The third-order valence-corrected chi connectivity index (χ3v) is 4.89. The van der Waals surface area contributed by atoms with Crippen molar-refractivity contribution in [3.05, 3.63) is 59.9 Å². The number of fused-ring (bicyclic) bond motifs is 1. The van der Waals surface area contributed by atoms with Gasteiger partial charge in [-0.2, -0.15) is 13.2 Å². The van der Waals surface area contributed by atoms with Crippen LogP contribution in [0.5, 0.6) is 0 Å². The zero-order chi connectivity index (χ0) is 19.4. The van der Waals surface area contributed by atoms with Crippen molar-refractivity contribution in [2.24, 2.45) is 0 Å². The summed E-state index contributed by atoms with van der Waals surface area (Å²) in [6.07, 6.45) is -0.875. The molecule has 0 radical (unpaired) electrons. The lowest BCUT2D eigenvalue weighted by Gasteiger charge is -2.10. The van der Waals surface area contributed by atoms with Crippen molar-refractivity contribution in [1.82, 2.24) is 14.9 Å². The maximum Gasteiger partial charge on any atom is 0.416 e. The van der Waals surface area contributed by atoms with Gasteiger partial charge >= 0.3 is 6.18 Å². The van der Waals surface area contributed by atoms with Crippen molar-refractivity contribution in [3.63, 3.8) is 0 Å². The van der Waals surface area contributed by atoms with Crippen LogP contribution in [0.25, 0.3) is 10.9 Å². The first-order valence-electron chi connectivity index (χ1n) is 8.38. The van der Waals surface area contributed by atoms with Gasteiger partial charge in [-0.15, -0.1) is 11.8 Å². The highest BCUT2D eigenvalue weighted by molar-refractivity contribution is 7.99. The van der Waals surface area contributed by atoms with Gasteiger partial charge in [-0.05, 0) is 35.6 Å². The number of thioether (sulfide) groups is 1. The average Bonchev–Trinajstić information content (AvgIpc) is 3.04. The van der Waals surface area contributed by atoms with Crippen molar-refractivity contribution in [1.29, 1.82) is 0 Å². The normalized spacial score (nSPS) is 11.7. The highest BCUT2D eigenvalue weighted by Gasteiger charge is 2.30. The number of rotatable bonds is 6. The van der Waals surface area contributed by atoms with Gasteiger partial charge in [-0.25, -0.2) is 4.98 Å². The van der Waals surface area contributed by atoms with E-state index in [0.717, 1.165) is 33.8 Å². The van der Waals surface area contributed by atoms with E-state index in [9.17, 15) is 18.0 Å². The van der Waals surface area contributed by atoms with E-state index in [4.69, 9.17) is 0 Å². The van der Waals surface area contributed by atoms with Crippen LogP contribution in [0.4, 0.5) is 13.2 Å². The van der Waals surface area contributed by atoms with Crippen molar-refractivity contribution in [3.8, 4) is 0 Å². The van der Waals surface area contributed by atoms with Gasteiger partial charge in [0.05, 0.1) is 11.1 Å². The third kappa shape index (κ3) is 4.63. The molecule has 0 aliphatic carbocycles. The Labute approximate surface area is 158 Å². The summed E-state index contributed by atoms with van der Waals surface area (Å²) >= 11 is 1.63. The van der Waals surface area contributed by atoms with E-state index in [1.807, 2.05) is 25.3 Å². The highest BCUT2D eigenvalue weighted by atomic mass is 32.2. The number of benzene rings is 1. The van der Waals surface area contributed by atoms with Crippen LogP contribution in [0.1, 0.15) is 18.1 Å². The number of carbonyl (C=O) groups excluding carboxylic acids is 1. The lowest BCUT2D eigenvalue weighted by molar-refractivity contribution is -0.137. The number of hydrogen-bond donors (Lipinski definition) is 1. The molecule has 8 heteroatoms. The fourth-order valence-electron chi connectivity index (χ4n) is 2.75. The van der Waals surface area contributed by atoms with Crippen molar-refractivity contribution in [2.45, 2.75) is 31.2 Å². The van der Waals surface area contributed by atoms with Crippen molar-refractivity contribution >= 4 is 28.6 Å². The molecular formula is C19H18F3N3OS. The molecular weight excluding hydrogens is 375 g/mol. The van der Waals surface area contributed by atoms with Gasteiger partial charge < -0.3 is 9.88 Å². The largest absolute Gasteiger partial charge is 0.416 e. The van der Waals surface area contributed by atoms with Crippen LogP contribution < -0.4 is 5.32 Å². The zero-order valence-corrected chi connectivity index (χ0v) is 15.4. The number of halogens is 3. The number of carbonyl (C=O) groups is 1. The molecule has 4 nitrogen and oxygen atoms in total. The maximum atomic E-state index is 12.8. The molecule has 0 bridgehead atoms. The minimum atomic E-state index is -4.40. The zero-order valence-electron chi connectivity index (χ0n) is 14.6. The Balaban J connectivity index is 1.67. The van der Waals surface area contributed by atoms with Gasteiger partial charge in [-0.1, -0.05) is 19.1 Å². The van der Waals surface area contributed by atoms with Crippen LogP contribution >= 0.6 is 11.8 Å². The number of nitrogens with zero attached hydrogens (tertiary/aromatic N) is 2. The Bertz CT molecular complexity index is 953. The van der Waals surface area contributed by atoms with Gasteiger partial charge in [0, 0.05) is 24.3 Å². The Morgan fingerprint density at radius 2 is 2.07 bits per heavy atom. The molecule has 27 heavy (non-hydrogen) atoms. The molecule has 1 N–H and O–H groups in total. The molecule has 0 spiro atoms. The second-order valence-corrected chi connectivity index (χ2v) is 7.15. The molecule has 0 unspecified atom stereocenters. The van der Waals surface area contributed by atoms with Crippen LogP contribution in [0, 0.1) is 0 Å². The first kappa shape index (κ1) is 19.3. The molecule has 1 amide bonds.